The number of hydrogen-bond acceptors (Lipinski definition) is 3. The van der Waals surface area contributed by atoms with Crippen LogP contribution < -0.4 is 5.32 Å². The summed E-state index contributed by atoms with van der Waals surface area (Å²) in [5, 5.41) is 4.12. The molecule has 7 heteroatoms. The fourth-order valence-electron chi connectivity index (χ4n) is 4.60. The van der Waals surface area contributed by atoms with E-state index in [9.17, 15) is 13.2 Å². The van der Waals surface area contributed by atoms with Crippen molar-refractivity contribution in [2.24, 2.45) is 0 Å². The number of para-hydroxylation sites is 1. The van der Waals surface area contributed by atoms with E-state index in [4.69, 9.17) is 0 Å². The number of benzene rings is 3. The second kappa shape index (κ2) is 9.08. The molecule has 0 fully saturated rings. The van der Waals surface area contributed by atoms with Gasteiger partial charge in [-0.05, 0) is 54.7 Å². The molecule has 1 atom stereocenters. The number of aromatic amines is 1. The van der Waals surface area contributed by atoms with Gasteiger partial charge in [-0.15, -0.1) is 0 Å². The average Bonchev–Trinajstić information content (AvgIpc) is 3.26. The second-order valence-electron chi connectivity index (χ2n) is 8.75. The maximum Gasteiger partial charge on any atom is 0.244 e. The number of nitrogens with one attached hydrogen (secondary N) is 2. The van der Waals surface area contributed by atoms with E-state index in [-0.39, 0.29) is 17.3 Å². The zero-order valence-corrected chi connectivity index (χ0v) is 19.8. The first-order valence-electron chi connectivity index (χ1n) is 11.4. The first-order chi connectivity index (χ1) is 16.4. The van der Waals surface area contributed by atoms with E-state index < -0.39 is 16.1 Å². The van der Waals surface area contributed by atoms with Gasteiger partial charge in [-0.2, -0.15) is 4.31 Å². The normalized spacial score (nSPS) is 16.3. The van der Waals surface area contributed by atoms with Crippen molar-refractivity contribution < 1.29 is 13.2 Å². The summed E-state index contributed by atoms with van der Waals surface area (Å²) in [5.74, 6) is -0.273. The van der Waals surface area contributed by atoms with Gasteiger partial charge < -0.3 is 10.3 Å². The van der Waals surface area contributed by atoms with Crippen LogP contribution in [-0.2, 0) is 34.2 Å². The van der Waals surface area contributed by atoms with Crippen molar-refractivity contribution in [2.75, 3.05) is 6.54 Å². The Balaban J connectivity index is 1.37. The van der Waals surface area contributed by atoms with Gasteiger partial charge in [0.2, 0.25) is 15.9 Å². The first-order valence-corrected chi connectivity index (χ1v) is 12.9. The fraction of sp³-hybridized carbons (Fsp3) is 0.222. The predicted octanol–water partition coefficient (Wildman–Crippen LogP) is 3.95. The standard InChI is InChI=1S/C27H27N3O3S/c1-19-10-12-23(13-11-19)34(32,33)30-18-22-7-3-2-6-20(22)16-26(30)27(31)28-15-14-21-17-29-25-9-5-4-8-24(21)25/h2-13,17,26,29H,14-16,18H2,1H3,(H,28,31). The van der Waals surface area contributed by atoms with Crippen LogP contribution in [0, 0.1) is 6.92 Å². The Morgan fingerprint density at radius 3 is 2.50 bits per heavy atom. The van der Waals surface area contributed by atoms with Gasteiger partial charge >= 0.3 is 0 Å². The third-order valence-corrected chi connectivity index (χ3v) is 8.37. The molecule has 34 heavy (non-hydrogen) atoms. The molecule has 0 saturated carbocycles. The predicted molar refractivity (Wildman–Crippen MR) is 133 cm³/mol. The van der Waals surface area contributed by atoms with Crippen molar-refractivity contribution >= 4 is 26.8 Å². The number of aryl methyl sites for hydroxylation is 1. The molecular weight excluding hydrogens is 446 g/mol. The third-order valence-electron chi connectivity index (χ3n) is 6.50. The molecular formula is C27H27N3O3S. The molecule has 0 bridgehead atoms. The summed E-state index contributed by atoms with van der Waals surface area (Å²) in [5.41, 5.74) is 5.10. The van der Waals surface area contributed by atoms with E-state index in [0.29, 0.717) is 19.4 Å². The Morgan fingerprint density at radius 2 is 1.71 bits per heavy atom. The van der Waals surface area contributed by atoms with Crippen LogP contribution in [0.4, 0.5) is 0 Å². The molecule has 0 aliphatic carbocycles. The lowest BCUT2D eigenvalue weighted by atomic mass is 9.95. The molecule has 3 aromatic carbocycles. The first kappa shape index (κ1) is 22.4. The van der Waals surface area contributed by atoms with Crippen LogP contribution in [0.15, 0.2) is 83.9 Å². The van der Waals surface area contributed by atoms with Crippen molar-refractivity contribution in [3.63, 3.8) is 0 Å². The number of hydrogen-bond donors (Lipinski definition) is 2. The number of sulfonamides is 1. The number of amides is 1. The SMILES string of the molecule is Cc1ccc(S(=O)(=O)N2Cc3ccccc3CC2C(=O)NCCc2c[nH]c3ccccc23)cc1. The lowest BCUT2D eigenvalue weighted by Crippen LogP contribution is -2.52. The minimum atomic E-state index is -3.85. The van der Waals surface area contributed by atoms with Crippen molar-refractivity contribution in [3.8, 4) is 0 Å². The van der Waals surface area contributed by atoms with E-state index in [0.717, 1.165) is 33.2 Å². The van der Waals surface area contributed by atoms with E-state index >= 15 is 0 Å². The molecule has 1 unspecified atom stereocenters. The van der Waals surface area contributed by atoms with E-state index in [2.05, 4.69) is 16.4 Å². The number of H-pyrrole nitrogens is 1. The van der Waals surface area contributed by atoms with Crippen LogP contribution >= 0.6 is 0 Å². The van der Waals surface area contributed by atoms with Crippen LogP contribution in [0.2, 0.25) is 0 Å². The molecule has 0 saturated heterocycles. The van der Waals surface area contributed by atoms with Crippen LogP contribution in [0.25, 0.3) is 10.9 Å². The fourth-order valence-corrected chi connectivity index (χ4v) is 6.16. The Bertz CT molecular complexity index is 1440. The Kier molecular flexibility index (Phi) is 5.98. The molecule has 4 aromatic rings. The van der Waals surface area contributed by atoms with E-state index in [1.54, 1.807) is 24.3 Å². The Labute approximate surface area is 199 Å². The summed E-state index contributed by atoms with van der Waals surface area (Å²) in [7, 11) is -3.85. The number of fused-ring (bicyclic) bond motifs is 2. The second-order valence-corrected chi connectivity index (χ2v) is 10.6. The van der Waals surface area contributed by atoms with Gasteiger partial charge in [0, 0.05) is 30.2 Å². The number of nitrogens with zero attached hydrogens (tertiary/aromatic N) is 1. The van der Waals surface area contributed by atoms with E-state index in [1.165, 1.54) is 4.31 Å². The molecule has 174 valence electrons. The van der Waals surface area contributed by atoms with Gasteiger partial charge in [0.1, 0.15) is 6.04 Å². The summed E-state index contributed by atoms with van der Waals surface area (Å²) >= 11 is 0. The summed E-state index contributed by atoms with van der Waals surface area (Å²) in [6.07, 6.45) is 2.96. The van der Waals surface area contributed by atoms with Crippen LogP contribution in [0.5, 0.6) is 0 Å². The topological polar surface area (TPSA) is 82.3 Å². The van der Waals surface area contributed by atoms with Gasteiger partial charge in [0.05, 0.1) is 4.90 Å². The molecule has 2 heterocycles. The van der Waals surface area contributed by atoms with Crippen molar-refractivity contribution in [1.82, 2.24) is 14.6 Å². The van der Waals surface area contributed by atoms with Crippen LogP contribution in [0.1, 0.15) is 22.3 Å². The number of carbonyl (C=O) groups excluding carboxylic acids is 1. The maximum absolute atomic E-state index is 13.6. The smallest absolute Gasteiger partial charge is 0.244 e. The molecule has 1 aliphatic rings. The van der Waals surface area contributed by atoms with Gasteiger partial charge in [-0.25, -0.2) is 8.42 Å². The molecule has 0 spiro atoms. The molecule has 5 rings (SSSR count). The highest BCUT2D eigenvalue weighted by molar-refractivity contribution is 7.89. The maximum atomic E-state index is 13.6. The average molecular weight is 474 g/mol. The van der Waals surface area contributed by atoms with Gasteiger partial charge in [0.15, 0.2) is 0 Å². The van der Waals surface area contributed by atoms with Gasteiger partial charge in [-0.1, -0.05) is 60.2 Å². The lowest BCUT2D eigenvalue weighted by Gasteiger charge is -2.35. The number of rotatable bonds is 6. The minimum Gasteiger partial charge on any atom is -0.361 e. The van der Waals surface area contributed by atoms with Crippen LogP contribution in [-0.4, -0.2) is 36.2 Å². The number of aromatic nitrogens is 1. The highest BCUT2D eigenvalue weighted by atomic mass is 32.2. The quantitative estimate of drug-likeness (QED) is 0.445. The zero-order chi connectivity index (χ0) is 23.7. The largest absolute Gasteiger partial charge is 0.361 e. The lowest BCUT2D eigenvalue weighted by molar-refractivity contribution is -0.125. The molecule has 1 amide bonds. The van der Waals surface area contributed by atoms with Crippen molar-refractivity contribution in [1.29, 1.82) is 0 Å². The molecule has 1 aromatic heterocycles. The van der Waals surface area contributed by atoms with Crippen LogP contribution in [0.3, 0.4) is 0 Å². The Hall–Kier alpha value is -3.42. The van der Waals surface area contributed by atoms with E-state index in [1.807, 2.05) is 55.6 Å². The number of carbonyl (C=O) groups is 1. The molecule has 1 aliphatic heterocycles. The molecule has 2 N–H and O–H groups in total. The van der Waals surface area contributed by atoms with Crippen molar-refractivity contribution in [3.05, 3.63) is 101 Å². The highest BCUT2D eigenvalue weighted by Gasteiger charge is 2.39. The minimum absolute atomic E-state index is 0.174. The Morgan fingerprint density at radius 1 is 1.00 bits per heavy atom. The van der Waals surface area contributed by atoms with Gasteiger partial charge in [-0.3, -0.25) is 4.79 Å². The van der Waals surface area contributed by atoms with Gasteiger partial charge in [0.25, 0.3) is 0 Å². The monoisotopic (exact) mass is 473 g/mol. The summed E-state index contributed by atoms with van der Waals surface area (Å²) in [4.78, 5) is 16.8. The molecule has 0 radical (unpaired) electrons. The molecule has 6 nitrogen and oxygen atoms in total. The third kappa shape index (κ3) is 4.24. The highest BCUT2D eigenvalue weighted by Crippen LogP contribution is 2.29. The van der Waals surface area contributed by atoms with Crippen molar-refractivity contribution in [2.45, 2.75) is 37.2 Å². The summed E-state index contributed by atoms with van der Waals surface area (Å²) in [6, 6.07) is 21.7. The zero-order valence-electron chi connectivity index (χ0n) is 19.0. The summed E-state index contributed by atoms with van der Waals surface area (Å²) < 4.78 is 28.5. The summed E-state index contributed by atoms with van der Waals surface area (Å²) in [6.45, 7) is 2.52.